The van der Waals surface area contributed by atoms with Crippen molar-refractivity contribution in [2.75, 3.05) is 38.7 Å². The molecule has 1 fully saturated rings. The molecule has 124 valence electrons. The smallest absolute Gasteiger partial charge is 0.316 e. The summed E-state index contributed by atoms with van der Waals surface area (Å²) in [6, 6.07) is 7.22. The second-order valence-electron chi connectivity index (χ2n) is 5.73. The molecule has 1 saturated heterocycles. The summed E-state index contributed by atoms with van der Waals surface area (Å²) >= 11 is 0. The molecule has 1 aliphatic rings. The van der Waals surface area contributed by atoms with Crippen LogP contribution in [0.3, 0.4) is 0 Å². The van der Waals surface area contributed by atoms with Gasteiger partial charge in [0.25, 0.3) is 5.91 Å². The molecule has 1 aliphatic heterocycles. The number of carbonyl (C=O) groups excluding carboxylic acids is 3. The molecule has 0 N–H and O–H groups in total. The number of rotatable bonds is 4. The van der Waals surface area contributed by atoms with Crippen LogP contribution < -0.4 is 4.90 Å². The van der Waals surface area contributed by atoms with Crippen molar-refractivity contribution in [2.24, 2.45) is 5.92 Å². The predicted molar refractivity (Wildman–Crippen MR) is 86.4 cm³/mol. The van der Waals surface area contributed by atoms with E-state index in [-0.39, 0.29) is 24.8 Å². The lowest BCUT2D eigenvalue weighted by Crippen LogP contribution is -2.46. The number of hydrogen-bond acceptors (Lipinski definition) is 5. The Hall–Kier alpha value is -2.37. The minimum atomic E-state index is -0.741. The lowest BCUT2D eigenvalue weighted by molar-refractivity contribution is -0.153. The molecule has 2 rings (SSSR count). The van der Waals surface area contributed by atoms with Crippen molar-refractivity contribution < 1.29 is 19.1 Å². The van der Waals surface area contributed by atoms with Crippen molar-refractivity contribution in [3.8, 4) is 0 Å². The molecular formula is C17H22N2O4. The fraction of sp³-hybridized carbons (Fsp3) is 0.471. The molecule has 1 heterocycles. The van der Waals surface area contributed by atoms with Gasteiger partial charge in [-0.3, -0.25) is 14.4 Å². The third-order valence-corrected chi connectivity index (χ3v) is 3.91. The maximum atomic E-state index is 12.5. The fourth-order valence-electron chi connectivity index (χ4n) is 2.57. The molecule has 6 heteroatoms. The third-order valence-electron chi connectivity index (χ3n) is 3.91. The average Bonchev–Trinajstić information content (AvgIpc) is 2.54. The molecule has 1 unspecified atom stereocenters. The van der Waals surface area contributed by atoms with E-state index in [1.165, 1.54) is 4.90 Å². The van der Waals surface area contributed by atoms with Crippen LogP contribution >= 0.6 is 0 Å². The Morgan fingerprint density at radius 3 is 2.43 bits per heavy atom. The van der Waals surface area contributed by atoms with Crippen LogP contribution in [0.5, 0.6) is 0 Å². The first-order valence-electron chi connectivity index (χ1n) is 7.70. The van der Waals surface area contributed by atoms with Crippen LogP contribution in [0.1, 0.15) is 23.7 Å². The zero-order chi connectivity index (χ0) is 17.0. The molecule has 0 aromatic heterocycles. The van der Waals surface area contributed by atoms with E-state index >= 15 is 0 Å². The van der Waals surface area contributed by atoms with E-state index < -0.39 is 11.9 Å². The highest BCUT2D eigenvalue weighted by Gasteiger charge is 2.35. The Balaban J connectivity index is 2.02. The number of amides is 1. The summed E-state index contributed by atoms with van der Waals surface area (Å²) in [6.07, 6.45) is 0.319. The minimum absolute atomic E-state index is 0.0439. The number of likely N-dealkylation sites (tertiary alicyclic amines) is 1. The second-order valence-corrected chi connectivity index (χ2v) is 5.73. The van der Waals surface area contributed by atoms with Crippen molar-refractivity contribution in [1.82, 2.24) is 4.90 Å². The minimum Gasteiger partial charge on any atom is -0.465 e. The molecule has 0 aliphatic carbocycles. The molecule has 0 spiro atoms. The number of piperidine rings is 1. The van der Waals surface area contributed by atoms with E-state index in [4.69, 9.17) is 4.74 Å². The van der Waals surface area contributed by atoms with Gasteiger partial charge >= 0.3 is 5.97 Å². The van der Waals surface area contributed by atoms with Crippen molar-refractivity contribution >= 4 is 23.3 Å². The Bertz CT molecular complexity index is 595. The number of carbonyl (C=O) groups is 3. The van der Waals surface area contributed by atoms with Gasteiger partial charge < -0.3 is 14.5 Å². The van der Waals surface area contributed by atoms with Gasteiger partial charge in [0.1, 0.15) is 5.92 Å². The molecule has 6 nitrogen and oxygen atoms in total. The van der Waals surface area contributed by atoms with E-state index in [9.17, 15) is 14.4 Å². The van der Waals surface area contributed by atoms with Gasteiger partial charge in [0.05, 0.1) is 13.2 Å². The van der Waals surface area contributed by atoms with Crippen LogP contribution in [-0.4, -0.2) is 56.4 Å². The van der Waals surface area contributed by atoms with Gasteiger partial charge in [-0.05, 0) is 37.6 Å². The van der Waals surface area contributed by atoms with E-state index in [0.29, 0.717) is 18.5 Å². The fourth-order valence-corrected chi connectivity index (χ4v) is 2.57. The van der Waals surface area contributed by atoms with Crippen molar-refractivity contribution in [2.45, 2.75) is 13.3 Å². The molecule has 1 aromatic carbocycles. The predicted octanol–water partition coefficient (Wildman–Crippen LogP) is 1.35. The molecule has 0 radical (unpaired) electrons. The molecule has 0 saturated carbocycles. The Kier molecular flexibility index (Phi) is 5.36. The maximum Gasteiger partial charge on any atom is 0.316 e. The highest BCUT2D eigenvalue weighted by Crippen LogP contribution is 2.19. The van der Waals surface area contributed by atoms with E-state index in [1.807, 2.05) is 31.1 Å². The first kappa shape index (κ1) is 17.0. The highest BCUT2D eigenvalue weighted by atomic mass is 16.5. The van der Waals surface area contributed by atoms with Gasteiger partial charge in [0, 0.05) is 31.9 Å². The van der Waals surface area contributed by atoms with Crippen LogP contribution in [0.2, 0.25) is 0 Å². The van der Waals surface area contributed by atoms with Gasteiger partial charge in [-0.25, -0.2) is 0 Å². The van der Waals surface area contributed by atoms with Crippen LogP contribution in [0, 0.1) is 5.92 Å². The van der Waals surface area contributed by atoms with Gasteiger partial charge in [-0.15, -0.1) is 0 Å². The molecule has 1 atom stereocenters. The summed E-state index contributed by atoms with van der Waals surface area (Å²) < 4.78 is 4.90. The number of Topliss-reactive ketones (excluding diaryl/α,β-unsaturated/α-hetero) is 1. The highest BCUT2D eigenvalue weighted by molar-refractivity contribution is 6.04. The molecule has 1 aromatic rings. The molecular weight excluding hydrogens is 296 g/mol. The lowest BCUT2D eigenvalue weighted by atomic mass is 9.95. The van der Waals surface area contributed by atoms with Crippen LogP contribution in [0.15, 0.2) is 24.3 Å². The van der Waals surface area contributed by atoms with Crippen molar-refractivity contribution in [3.63, 3.8) is 0 Å². The third kappa shape index (κ3) is 3.88. The molecule has 23 heavy (non-hydrogen) atoms. The number of ketones is 1. The number of hydrogen-bond donors (Lipinski definition) is 0. The largest absolute Gasteiger partial charge is 0.465 e. The Morgan fingerprint density at radius 2 is 1.91 bits per heavy atom. The number of anilines is 1. The first-order valence-corrected chi connectivity index (χ1v) is 7.70. The first-order chi connectivity index (χ1) is 10.9. The Morgan fingerprint density at radius 1 is 1.26 bits per heavy atom. The van der Waals surface area contributed by atoms with E-state index in [2.05, 4.69) is 0 Å². The van der Waals surface area contributed by atoms with Crippen LogP contribution in [0.4, 0.5) is 5.69 Å². The van der Waals surface area contributed by atoms with E-state index in [0.717, 1.165) is 5.69 Å². The second kappa shape index (κ2) is 7.26. The summed E-state index contributed by atoms with van der Waals surface area (Å²) in [4.78, 5) is 39.7. The van der Waals surface area contributed by atoms with Gasteiger partial charge in [-0.2, -0.15) is 0 Å². The van der Waals surface area contributed by atoms with Gasteiger partial charge in [0.15, 0.2) is 5.78 Å². The number of benzene rings is 1. The number of esters is 1. The topological polar surface area (TPSA) is 66.9 Å². The monoisotopic (exact) mass is 318 g/mol. The quantitative estimate of drug-likeness (QED) is 0.619. The van der Waals surface area contributed by atoms with Crippen LogP contribution in [-0.2, 0) is 14.3 Å². The summed E-state index contributed by atoms with van der Waals surface area (Å²) in [5.41, 5.74) is 1.54. The number of nitrogens with zero attached hydrogens (tertiary/aromatic N) is 2. The Labute approximate surface area is 136 Å². The van der Waals surface area contributed by atoms with Crippen molar-refractivity contribution in [1.29, 1.82) is 0 Å². The number of ether oxygens (including phenoxy) is 1. The van der Waals surface area contributed by atoms with Crippen molar-refractivity contribution in [3.05, 3.63) is 29.8 Å². The zero-order valence-corrected chi connectivity index (χ0v) is 13.7. The molecule has 1 amide bonds. The maximum absolute atomic E-state index is 12.5. The van der Waals surface area contributed by atoms with Gasteiger partial charge in [-0.1, -0.05) is 0 Å². The summed E-state index contributed by atoms with van der Waals surface area (Å²) in [5, 5.41) is 0. The summed E-state index contributed by atoms with van der Waals surface area (Å²) in [6.45, 7) is 2.29. The van der Waals surface area contributed by atoms with Gasteiger partial charge in [0.2, 0.25) is 0 Å². The SMILES string of the molecule is CCOC(=O)C1CCN(C(=O)c2ccc(N(C)C)cc2)CC1=O. The normalized spacial score (nSPS) is 17.8. The standard InChI is InChI=1S/C17H22N2O4/c1-4-23-17(22)14-9-10-19(11-15(14)20)16(21)12-5-7-13(8-6-12)18(2)3/h5-8,14H,4,9-11H2,1-3H3. The van der Waals surface area contributed by atoms with E-state index in [1.54, 1.807) is 19.1 Å². The summed E-state index contributed by atoms with van der Waals surface area (Å²) in [5.74, 6) is -1.67. The zero-order valence-electron chi connectivity index (χ0n) is 13.7. The molecule has 0 bridgehead atoms. The van der Waals surface area contributed by atoms with Crippen LogP contribution in [0.25, 0.3) is 0 Å². The average molecular weight is 318 g/mol. The lowest BCUT2D eigenvalue weighted by Gasteiger charge is -2.30. The summed E-state index contributed by atoms with van der Waals surface area (Å²) in [7, 11) is 3.85.